The molecule has 0 spiro atoms. The van der Waals surface area contributed by atoms with E-state index in [1.807, 2.05) is 13.8 Å². The van der Waals surface area contributed by atoms with Crippen LogP contribution in [0.5, 0.6) is 0 Å². The third-order valence-electron chi connectivity index (χ3n) is 4.28. The van der Waals surface area contributed by atoms with Gasteiger partial charge in [0.15, 0.2) is 0 Å². The van der Waals surface area contributed by atoms with Crippen LogP contribution in [0.4, 0.5) is 10.1 Å². The fourth-order valence-corrected chi connectivity index (χ4v) is 4.45. The summed E-state index contributed by atoms with van der Waals surface area (Å²) in [4.78, 5) is 12.6. The summed E-state index contributed by atoms with van der Waals surface area (Å²) >= 11 is 5.98. The van der Waals surface area contributed by atoms with Crippen molar-refractivity contribution in [3.05, 3.63) is 58.9 Å². The van der Waals surface area contributed by atoms with Crippen molar-refractivity contribution in [2.45, 2.75) is 44.6 Å². The Kier molecular flexibility index (Phi) is 7.43. The SMILES string of the molecule is CCCCNC(=O)C(C)N(c1cc(Cl)ccc1F)S(=O)(=O)c1ccc(C)cc1. The van der Waals surface area contributed by atoms with Crippen LogP contribution < -0.4 is 9.62 Å². The lowest BCUT2D eigenvalue weighted by Gasteiger charge is -2.30. The van der Waals surface area contributed by atoms with Crippen LogP contribution in [0.3, 0.4) is 0 Å². The number of halogens is 2. The maximum Gasteiger partial charge on any atom is 0.265 e. The number of aryl methyl sites for hydroxylation is 1. The minimum atomic E-state index is -4.21. The molecule has 0 aromatic heterocycles. The molecule has 152 valence electrons. The van der Waals surface area contributed by atoms with Crippen molar-refractivity contribution in [1.29, 1.82) is 0 Å². The van der Waals surface area contributed by atoms with E-state index in [9.17, 15) is 17.6 Å². The Morgan fingerprint density at radius 3 is 2.46 bits per heavy atom. The van der Waals surface area contributed by atoms with Crippen molar-refractivity contribution < 1.29 is 17.6 Å². The average Bonchev–Trinajstić information content (AvgIpc) is 2.65. The Morgan fingerprint density at radius 1 is 1.21 bits per heavy atom. The lowest BCUT2D eigenvalue weighted by molar-refractivity contribution is -0.121. The summed E-state index contributed by atoms with van der Waals surface area (Å²) in [5.41, 5.74) is 0.607. The van der Waals surface area contributed by atoms with Crippen LogP contribution in [-0.2, 0) is 14.8 Å². The van der Waals surface area contributed by atoms with Gasteiger partial charge in [-0.15, -0.1) is 0 Å². The average molecular weight is 427 g/mol. The highest BCUT2D eigenvalue weighted by molar-refractivity contribution is 7.93. The molecule has 0 heterocycles. The van der Waals surface area contributed by atoms with Crippen molar-refractivity contribution in [3.63, 3.8) is 0 Å². The maximum absolute atomic E-state index is 14.6. The van der Waals surface area contributed by atoms with Gasteiger partial charge in [0.05, 0.1) is 10.6 Å². The topological polar surface area (TPSA) is 66.5 Å². The predicted octanol–water partition coefficient (Wildman–Crippen LogP) is 4.29. The Balaban J connectivity index is 2.54. The van der Waals surface area contributed by atoms with Crippen molar-refractivity contribution in [1.82, 2.24) is 5.32 Å². The first-order valence-corrected chi connectivity index (χ1v) is 10.8. The van der Waals surface area contributed by atoms with E-state index < -0.39 is 27.8 Å². The first-order valence-electron chi connectivity index (χ1n) is 9.02. The Bertz CT molecular complexity index is 933. The van der Waals surface area contributed by atoms with E-state index in [4.69, 9.17) is 11.6 Å². The van der Waals surface area contributed by atoms with E-state index >= 15 is 0 Å². The lowest BCUT2D eigenvalue weighted by atomic mass is 10.2. The highest BCUT2D eigenvalue weighted by Gasteiger charge is 2.35. The highest BCUT2D eigenvalue weighted by atomic mass is 35.5. The molecular formula is C20H24ClFN2O3S. The zero-order valence-corrected chi connectivity index (χ0v) is 17.6. The summed E-state index contributed by atoms with van der Waals surface area (Å²) in [6, 6.07) is 8.59. The van der Waals surface area contributed by atoms with Gasteiger partial charge in [0, 0.05) is 11.6 Å². The number of unbranched alkanes of at least 4 members (excludes halogenated alkanes) is 1. The summed E-state index contributed by atoms with van der Waals surface area (Å²) in [6.45, 7) is 5.64. The van der Waals surface area contributed by atoms with E-state index in [0.29, 0.717) is 6.54 Å². The fourth-order valence-electron chi connectivity index (χ4n) is 2.67. The molecule has 2 rings (SSSR count). The molecule has 0 fully saturated rings. The molecule has 2 aromatic rings. The molecule has 1 amide bonds. The zero-order chi connectivity index (χ0) is 20.9. The summed E-state index contributed by atoms with van der Waals surface area (Å²) in [7, 11) is -4.21. The molecular weight excluding hydrogens is 403 g/mol. The van der Waals surface area contributed by atoms with Crippen molar-refractivity contribution in [2.24, 2.45) is 0 Å². The highest BCUT2D eigenvalue weighted by Crippen LogP contribution is 2.31. The van der Waals surface area contributed by atoms with Gasteiger partial charge >= 0.3 is 0 Å². The molecule has 8 heteroatoms. The number of hydrogen-bond acceptors (Lipinski definition) is 3. The van der Waals surface area contributed by atoms with Crippen LogP contribution in [0.1, 0.15) is 32.3 Å². The van der Waals surface area contributed by atoms with E-state index in [-0.39, 0.29) is 15.6 Å². The molecule has 0 saturated heterocycles. The molecule has 0 saturated carbocycles. The molecule has 0 aliphatic rings. The van der Waals surface area contributed by atoms with Gasteiger partial charge in [-0.1, -0.05) is 42.6 Å². The number of hydrogen-bond donors (Lipinski definition) is 1. The molecule has 1 N–H and O–H groups in total. The largest absolute Gasteiger partial charge is 0.354 e. The first kappa shape index (κ1) is 22.2. The van der Waals surface area contributed by atoms with Crippen LogP contribution in [0.15, 0.2) is 47.4 Å². The number of carbonyl (C=O) groups is 1. The molecule has 0 aliphatic carbocycles. The second-order valence-corrected chi connectivity index (χ2v) is 8.78. The van der Waals surface area contributed by atoms with Gasteiger partial charge in [0.25, 0.3) is 10.0 Å². The molecule has 5 nitrogen and oxygen atoms in total. The lowest BCUT2D eigenvalue weighted by Crippen LogP contribution is -2.48. The maximum atomic E-state index is 14.6. The number of benzene rings is 2. The van der Waals surface area contributed by atoms with Gasteiger partial charge < -0.3 is 5.32 Å². The number of carbonyl (C=O) groups excluding carboxylic acids is 1. The van der Waals surface area contributed by atoms with E-state index in [2.05, 4.69) is 5.32 Å². The molecule has 2 aromatic carbocycles. The van der Waals surface area contributed by atoms with Crippen LogP contribution >= 0.6 is 11.6 Å². The second kappa shape index (κ2) is 9.39. The quantitative estimate of drug-likeness (QED) is 0.640. The number of nitrogens with zero attached hydrogens (tertiary/aromatic N) is 1. The van der Waals surface area contributed by atoms with Crippen LogP contribution in [0.25, 0.3) is 0 Å². The molecule has 1 atom stereocenters. The van der Waals surface area contributed by atoms with Gasteiger partial charge in [-0.05, 0) is 50.6 Å². The normalized spacial score (nSPS) is 12.5. The van der Waals surface area contributed by atoms with E-state index in [1.54, 1.807) is 12.1 Å². The molecule has 1 unspecified atom stereocenters. The monoisotopic (exact) mass is 426 g/mol. The van der Waals surface area contributed by atoms with Crippen LogP contribution in [0.2, 0.25) is 5.02 Å². The Hall–Kier alpha value is -2.12. The van der Waals surface area contributed by atoms with Crippen molar-refractivity contribution in [3.8, 4) is 0 Å². The number of amides is 1. The van der Waals surface area contributed by atoms with Gasteiger partial charge in [-0.25, -0.2) is 12.8 Å². The standard InChI is InChI=1S/C20H24ClFN2O3S/c1-4-5-12-23-20(25)15(3)24(19-13-16(21)8-11-18(19)22)28(26,27)17-9-6-14(2)7-10-17/h6-11,13,15H,4-5,12H2,1-3H3,(H,23,25). The predicted molar refractivity (Wildman–Crippen MR) is 110 cm³/mol. The number of rotatable bonds is 8. The summed E-state index contributed by atoms with van der Waals surface area (Å²) in [5.74, 6) is -1.29. The Morgan fingerprint density at radius 2 is 1.86 bits per heavy atom. The van der Waals surface area contributed by atoms with E-state index in [0.717, 1.165) is 28.8 Å². The summed E-state index contributed by atoms with van der Waals surface area (Å²) < 4.78 is 42.0. The first-order chi connectivity index (χ1) is 13.2. The molecule has 0 aliphatic heterocycles. The number of sulfonamides is 1. The molecule has 0 bridgehead atoms. The number of anilines is 1. The van der Waals surface area contributed by atoms with Crippen molar-refractivity contribution >= 4 is 33.2 Å². The van der Waals surface area contributed by atoms with Gasteiger partial charge in [-0.2, -0.15) is 0 Å². The van der Waals surface area contributed by atoms with E-state index in [1.165, 1.54) is 31.2 Å². The number of nitrogens with one attached hydrogen (secondary N) is 1. The zero-order valence-electron chi connectivity index (χ0n) is 16.1. The Labute approximate surface area is 170 Å². The van der Waals surface area contributed by atoms with Gasteiger partial charge in [-0.3, -0.25) is 9.10 Å². The molecule has 28 heavy (non-hydrogen) atoms. The van der Waals surface area contributed by atoms with Gasteiger partial charge in [0.2, 0.25) is 5.91 Å². The smallest absolute Gasteiger partial charge is 0.265 e. The van der Waals surface area contributed by atoms with Crippen LogP contribution in [0, 0.1) is 12.7 Å². The van der Waals surface area contributed by atoms with Gasteiger partial charge in [0.1, 0.15) is 11.9 Å². The minimum Gasteiger partial charge on any atom is -0.354 e. The molecule has 0 radical (unpaired) electrons. The second-order valence-electron chi connectivity index (χ2n) is 6.53. The third kappa shape index (κ3) is 5.02. The minimum absolute atomic E-state index is 0.0364. The fraction of sp³-hybridized carbons (Fsp3) is 0.350. The van der Waals surface area contributed by atoms with Crippen LogP contribution in [-0.4, -0.2) is 26.9 Å². The summed E-state index contributed by atoms with van der Waals surface area (Å²) in [6.07, 6.45) is 1.64. The van der Waals surface area contributed by atoms with Crippen molar-refractivity contribution in [2.75, 3.05) is 10.8 Å². The summed E-state index contributed by atoms with van der Waals surface area (Å²) in [5, 5.41) is 2.87. The third-order valence-corrected chi connectivity index (χ3v) is 6.42.